The minimum absolute atomic E-state index is 0.0408. The topological polar surface area (TPSA) is 88.5 Å². The van der Waals surface area contributed by atoms with Crippen molar-refractivity contribution in [2.75, 3.05) is 41.7 Å². The molecule has 0 radical (unpaired) electrons. The zero-order valence-corrected chi connectivity index (χ0v) is 18.5. The molecular weight excluding hydrogens is 433 g/mol. The Morgan fingerprint density at radius 3 is 1.94 bits per heavy atom. The van der Waals surface area contributed by atoms with Gasteiger partial charge < -0.3 is 20.4 Å². The first-order chi connectivity index (χ1) is 16.5. The van der Waals surface area contributed by atoms with Crippen LogP contribution in [-0.2, 0) is 11.2 Å². The predicted molar refractivity (Wildman–Crippen MR) is 129 cm³/mol. The molecule has 1 heterocycles. The van der Waals surface area contributed by atoms with E-state index in [9.17, 15) is 14.0 Å². The van der Waals surface area contributed by atoms with E-state index in [1.165, 1.54) is 12.1 Å². The monoisotopic (exact) mass is 457 g/mol. The van der Waals surface area contributed by atoms with Gasteiger partial charge in [0.25, 0.3) is 0 Å². The second-order valence-corrected chi connectivity index (χ2v) is 7.99. The molecule has 0 saturated carbocycles. The summed E-state index contributed by atoms with van der Waals surface area (Å²) in [5, 5.41) is 14.4. The molecule has 34 heavy (non-hydrogen) atoms. The van der Waals surface area contributed by atoms with Gasteiger partial charge in [-0.15, -0.1) is 0 Å². The number of hydrogen-bond donors (Lipinski definition) is 2. The summed E-state index contributed by atoms with van der Waals surface area (Å²) in [7, 11) is 0. The largest absolute Gasteiger partial charge is 0.368 e. The highest BCUT2D eigenvalue weighted by atomic mass is 19.1. The van der Waals surface area contributed by atoms with E-state index in [1.807, 2.05) is 35.2 Å². The number of urea groups is 1. The lowest BCUT2D eigenvalue weighted by molar-refractivity contribution is -0.130. The average Bonchev–Trinajstić information content (AvgIpc) is 2.86. The summed E-state index contributed by atoms with van der Waals surface area (Å²) < 4.78 is 13.0. The van der Waals surface area contributed by atoms with Crippen LogP contribution in [0.1, 0.15) is 11.1 Å². The summed E-state index contributed by atoms with van der Waals surface area (Å²) in [5.41, 5.74) is 3.60. The normalized spacial score (nSPS) is 13.2. The standard InChI is InChI=1S/C26H24FN5O2/c27-21-5-1-19(2-6-21)17-25(33)32-15-13-31(14-16-32)24-11-9-23(10-12-24)30-26(34)29-22-7-3-20(18-28)4-8-22/h1-12H,13-17H2,(H2,29,30,34). The van der Waals surface area contributed by atoms with Crippen LogP contribution >= 0.6 is 0 Å². The van der Waals surface area contributed by atoms with Crippen LogP contribution in [0, 0.1) is 17.1 Å². The van der Waals surface area contributed by atoms with Crippen LogP contribution in [0.5, 0.6) is 0 Å². The molecule has 3 aromatic rings. The van der Waals surface area contributed by atoms with Crippen molar-refractivity contribution in [2.45, 2.75) is 6.42 Å². The summed E-state index contributed by atoms with van der Waals surface area (Å²) in [4.78, 5) is 28.8. The van der Waals surface area contributed by atoms with Gasteiger partial charge in [0.15, 0.2) is 0 Å². The summed E-state index contributed by atoms with van der Waals surface area (Å²) >= 11 is 0. The molecule has 8 heteroatoms. The van der Waals surface area contributed by atoms with Crippen LogP contribution in [-0.4, -0.2) is 43.0 Å². The quantitative estimate of drug-likeness (QED) is 0.600. The van der Waals surface area contributed by atoms with E-state index in [-0.39, 0.29) is 24.2 Å². The zero-order valence-electron chi connectivity index (χ0n) is 18.5. The number of nitrogens with one attached hydrogen (secondary N) is 2. The van der Waals surface area contributed by atoms with E-state index in [4.69, 9.17) is 5.26 Å². The second kappa shape index (κ2) is 10.5. The van der Waals surface area contributed by atoms with E-state index in [0.29, 0.717) is 43.1 Å². The van der Waals surface area contributed by atoms with E-state index >= 15 is 0 Å². The van der Waals surface area contributed by atoms with Crippen LogP contribution in [0.25, 0.3) is 0 Å². The van der Waals surface area contributed by atoms with E-state index in [1.54, 1.807) is 36.4 Å². The van der Waals surface area contributed by atoms with Crippen LogP contribution in [0.4, 0.5) is 26.2 Å². The summed E-state index contributed by atoms with van der Waals surface area (Å²) in [6.45, 7) is 2.66. The Labute approximate surface area is 197 Å². The minimum Gasteiger partial charge on any atom is -0.368 e. The van der Waals surface area contributed by atoms with Gasteiger partial charge in [-0.1, -0.05) is 12.1 Å². The lowest BCUT2D eigenvalue weighted by Crippen LogP contribution is -2.49. The maximum atomic E-state index is 13.0. The molecule has 7 nitrogen and oxygen atoms in total. The molecule has 1 saturated heterocycles. The van der Waals surface area contributed by atoms with Crippen molar-refractivity contribution in [3.05, 3.63) is 89.7 Å². The van der Waals surface area contributed by atoms with Crippen molar-refractivity contribution in [3.63, 3.8) is 0 Å². The van der Waals surface area contributed by atoms with Crippen molar-refractivity contribution < 1.29 is 14.0 Å². The summed E-state index contributed by atoms with van der Waals surface area (Å²) in [6, 6.07) is 21.9. The fraction of sp³-hybridized carbons (Fsp3) is 0.192. The molecule has 1 fully saturated rings. The van der Waals surface area contributed by atoms with Gasteiger partial charge in [0.2, 0.25) is 5.91 Å². The van der Waals surface area contributed by atoms with E-state index in [0.717, 1.165) is 11.3 Å². The van der Waals surface area contributed by atoms with E-state index < -0.39 is 0 Å². The second-order valence-electron chi connectivity index (χ2n) is 7.99. The number of benzene rings is 3. The number of nitriles is 1. The number of carbonyl (C=O) groups is 2. The highest BCUT2D eigenvalue weighted by molar-refractivity contribution is 5.99. The summed E-state index contributed by atoms with van der Waals surface area (Å²) in [6.07, 6.45) is 0.269. The lowest BCUT2D eigenvalue weighted by Gasteiger charge is -2.36. The van der Waals surface area contributed by atoms with Gasteiger partial charge in [-0.3, -0.25) is 4.79 Å². The Kier molecular flexibility index (Phi) is 7.04. The number of nitrogens with zero attached hydrogens (tertiary/aromatic N) is 3. The number of anilines is 3. The SMILES string of the molecule is N#Cc1ccc(NC(=O)Nc2ccc(N3CCN(C(=O)Cc4ccc(F)cc4)CC3)cc2)cc1. The third-order valence-corrected chi connectivity index (χ3v) is 5.66. The van der Waals surface area contributed by atoms with E-state index in [2.05, 4.69) is 15.5 Å². The molecule has 1 aliphatic rings. The average molecular weight is 458 g/mol. The molecule has 0 spiro atoms. The number of piperazine rings is 1. The fourth-order valence-corrected chi connectivity index (χ4v) is 3.78. The molecule has 1 aliphatic heterocycles. The fourth-order valence-electron chi connectivity index (χ4n) is 3.78. The number of rotatable bonds is 5. The molecule has 3 amide bonds. The van der Waals surface area contributed by atoms with Crippen molar-refractivity contribution in [3.8, 4) is 6.07 Å². The minimum atomic E-state index is -0.370. The molecule has 0 atom stereocenters. The van der Waals surface area contributed by atoms with Gasteiger partial charge >= 0.3 is 6.03 Å². The lowest BCUT2D eigenvalue weighted by atomic mass is 10.1. The molecule has 4 rings (SSSR count). The van der Waals surface area contributed by atoms with Crippen molar-refractivity contribution in [1.82, 2.24) is 4.90 Å². The first kappa shape index (κ1) is 22.8. The Morgan fingerprint density at radius 2 is 1.38 bits per heavy atom. The number of amides is 3. The van der Waals surface area contributed by atoms with Crippen LogP contribution in [0.3, 0.4) is 0 Å². The van der Waals surface area contributed by atoms with Crippen molar-refractivity contribution >= 4 is 29.0 Å². The smallest absolute Gasteiger partial charge is 0.323 e. The van der Waals surface area contributed by atoms with Crippen LogP contribution < -0.4 is 15.5 Å². The molecule has 172 valence electrons. The molecule has 2 N–H and O–H groups in total. The highest BCUT2D eigenvalue weighted by Gasteiger charge is 2.21. The predicted octanol–water partition coefficient (Wildman–Crippen LogP) is 4.23. The molecule has 3 aromatic carbocycles. The first-order valence-electron chi connectivity index (χ1n) is 11.0. The van der Waals surface area contributed by atoms with Gasteiger partial charge in [0.05, 0.1) is 18.1 Å². The molecule has 0 aromatic heterocycles. The third kappa shape index (κ3) is 5.90. The van der Waals surface area contributed by atoms with Gasteiger partial charge in [-0.05, 0) is 66.2 Å². The number of hydrogen-bond acceptors (Lipinski definition) is 4. The van der Waals surface area contributed by atoms with Crippen molar-refractivity contribution in [2.24, 2.45) is 0 Å². The maximum Gasteiger partial charge on any atom is 0.323 e. The first-order valence-corrected chi connectivity index (χ1v) is 11.0. The molecular formula is C26H24FN5O2. The van der Waals surface area contributed by atoms with Gasteiger partial charge in [0, 0.05) is 43.2 Å². The highest BCUT2D eigenvalue weighted by Crippen LogP contribution is 2.20. The number of halogens is 1. The molecule has 0 bridgehead atoms. The van der Waals surface area contributed by atoms with Gasteiger partial charge in [-0.2, -0.15) is 5.26 Å². The number of carbonyl (C=O) groups excluding carboxylic acids is 2. The van der Waals surface area contributed by atoms with Crippen LogP contribution in [0.15, 0.2) is 72.8 Å². The van der Waals surface area contributed by atoms with Crippen LogP contribution in [0.2, 0.25) is 0 Å². The van der Waals surface area contributed by atoms with Gasteiger partial charge in [-0.25, -0.2) is 9.18 Å². The summed E-state index contributed by atoms with van der Waals surface area (Å²) in [5.74, 6) is -0.267. The Bertz CT molecular complexity index is 1180. The van der Waals surface area contributed by atoms with Gasteiger partial charge in [0.1, 0.15) is 5.82 Å². The third-order valence-electron chi connectivity index (χ3n) is 5.66. The zero-order chi connectivity index (χ0) is 23.9. The molecule has 0 unspecified atom stereocenters. The maximum absolute atomic E-state index is 13.0. The molecule has 0 aliphatic carbocycles. The Morgan fingerprint density at radius 1 is 0.824 bits per heavy atom. The Hall–Kier alpha value is -4.38. The van der Waals surface area contributed by atoms with Crippen molar-refractivity contribution in [1.29, 1.82) is 5.26 Å². The Balaban J connectivity index is 1.25.